The number of nitrogens with zero attached hydrogens (tertiary/aromatic N) is 3. The fourth-order valence-corrected chi connectivity index (χ4v) is 4.32. The minimum Gasteiger partial charge on any atom is -0.368 e. The molecule has 0 spiro atoms. The van der Waals surface area contributed by atoms with Crippen LogP contribution in [0.2, 0.25) is 0 Å². The smallest absolute Gasteiger partial charge is 0.226 e. The molecule has 1 aliphatic heterocycles. The number of amides is 1. The molecule has 0 bridgehead atoms. The van der Waals surface area contributed by atoms with Crippen LogP contribution in [0.5, 0.6) is 0 Å². The summed E-state index contributed by atoms with van der Waals surface area (Å²) < 4.78 is 0. The van der Waals surface area contributed by atoms with Crippen LogP contribution >= 0.6 is 0 Å². The number of rotatable bonds is 4. The number of hydrogen-bond donors (Lipinski definition) is 2. The first-order chi connectivity index (χ1) is 11.7. The number of anilines is 1. The third-order valence-electron chi connectivity index (χ3n) is 6.04. The number of aromatic nitrogens is 2. The number of carbonyl (C=O) groups excluding carboxylic acids is 1. The zero-order chi connectivity index (χ0) is 16.3. The van der Waals surface area contributed by atoms with Crippen molar-refractivity contribution < 1.29 is 4.79 Å². The average Bonchev–Trinajstić information content (AvgIpc) is 3.46. The molecule has 1 amide bonds. The molecule has 128 valence electrons. The van der Waals surface area contributed by atoms with Crippen molar-refractivity contribution in [1.82, 2.24) is 20.2 Å². The zero-order valence-corrected chi connectivity index (χ0v) is 13.9. The van der Waals surface area contributed by atoms with Gasteiger partial charge in [0.05, 0.1) is 11.7 Å². The van der Waals surface area contributed by atoms with Crippen molar-refractivity contribution in [2.45, 2.75) is 56.7 Å². The van der Waals surface area contributed by atoms with E-state index in [2.05, 4.69) is 20.2 Å². The van der Waals surface area contributed by atoms with E-state index >= 15 is 0 Å². The Morgan fingerprint density at radius 3 is 2.54 bits per heavy atom. The number of nitrogen functional groups attached to an aromatic ring is 1. The number of nitrogens with two attached hydrogens (primary N) is 1. The molecule has 3 N–H and O–H groups in total. The lowest BCUT2D eigenvalue weighted by atomic mass is 9.90. The van der Waals surface area contributed by atoms with E-state index in [0.29, 0.717) is 35.8 Å². The molecule has 0 aromatic carbocycles. The van der Waals surface area contributed by atoms with Gasteiger partial charge in [-0.2, -0.15) is 0 Å². The molecule has 2 heterocycles. The summed E-state index contributed by atoms with van der Waals surface area (Å²) in [6.07, 6.45) is 8.80. The lowest BCUT2D eigenvalue weighted by Gasteiger charge is -2.47. The van der Waals surface area contributed by atoms with Gasteiger partial charge in [0, 0.05) is 30.7 Å². The summed E-state index contributed by atoms with van der Waals surface area (Å²) in [5.41, 5.74) is 6.77. The fraction of sp³-hybridized carbons (Fsp3) is 0.722. The normalized spacial score (nSPS) is 33.5. The molecule has 1 aromatic heterocycles. The zero-order valence-electron chi connectivity index (χ0n) is 13.9. The van der Waals surface area contributed by atoms with Gasteiger partial charge in [0.25, 0.3) is 0 Å². The maximum atomic E-state index is 13.2. The molecule has 24 heavy (non-hydrogen) atoms. The predicted octanol–water partition coefficient (Wildman–Crippen LogP) is 1.50. The Morgan fingerprint density at radius 2 is 1.92 bits per heavy atom. The molecule has 4 aliphatic rings. The minimum atomic E-state index is 0.00949. The van der Waals surface area contributed by atoms with E-state index in [9.17, 15) is 4.79 Å². The maximum absolute atomic E-state index is 13.2. The van der Waals surface area contributed by atoms with Gasteiger partial charge >= 0.3 is 0 Å². The molecular weight excluding hydrogens is 302 g/mol. The highest BCUT2D eigenvalue weighted by molar-refractivity contribution is 5.82. The number of carbonyl (C=O) groups is 1. The molecule has 4 fully saturated rings. The van der Waals surface area contributed by atoms with Crippen LogP contribution in [0.1, 0.15) is 50.3 Å². The SMILES string of the molecule is Nc1nccc(C2C(C3CC3)NCC(C3CC3)N2C(=O)C2CC2)n1. The standard InChI is InChI=1S/C18H25N5O/c19-18-20-8-7-13(22-18)16-15(11-3-4-11)21-9-14(10-1-2-10)23(16)17(24)12-5-6-12/h7-8,10-12,14-16,21H,1-6,9H2,(H2,19,20,22). The van der Waals surface area contributed by atoms with Crippen LogP contribution in [0.15, 0.2) is 12.3 Å². The van der Waals surface area contributed by atoms with E-state index in [-0.39, 0.29) is 12.0 Å². The lowest BCUT2D eigenvalue weighted by Crippen LogP contribution is -2.61. The highest BCUT2D eigenvalue weighted by Gasteiger charge is 2.52. The fourth-order valence-electron chi connectivity index (χ4n) is 4.32. The predicted molar refractivity (Wildman–Crippen MR) is 89.8 cm³/mol. The van der Waals surface area contributed by atoms with E-state index < -0.39 is 0 Å². The van der Waals surface area contributed by atoms with Crippen molar-refractivity contribution >= 4 is 11.9 Å². The second-order valence-electron chi connectivity index (χ2n) is 7.98. The van der Waals surface area contributed by atoms with Gasteiger partial charge in [-0.3, -0.25) is 4.79 Å². The molecule has 3 atom stereocenters. The Bertz CT molecular complexity index is 653. The van der Waals surface area contributed by atoms with Crippen LogP contribution in [-0.4, -0.2) is 39.4 Å². The maximum Gasteiger partial charge on any atom is 0.226 e. The topological polar surface area (TPSA) is 84.1 Å². The Morgan fingerprint density at radius 1 is 1.17 bits per heavy atom. The summed E-state index contributed by atoms with van der Waals surface area (Å²) in [5.74, 6) is 2.20. The van der Waals surface area contributed by atoms with Gasteiger partial charge in [-0.05, 0) is 56.4 Å². The Balaban J connectivity index is 1.55. The monoisotopic (exact) mass is 327 g/mol. The average molecular weight is 327 g/mol. The van der Waals surface area contributed by atoms with E-state index in [1.807, 2.05) is 6.07 Å². The van der Waals surface area contributed by atoms with Crippen molar-refractivity contribution in [2.24, 2.45) is 17.8 Å². The van der Waals surface area contributed by atoms with E-state index in [1.54, 1.807) is 6.20 Å². The van der Waals surface area contributed by atoms with Gasteiger partial charge < -0.3 is 16.0 Å². The van der Waals surface area contributed by atoms with Crippen LogP contribution in [0.3, 0.4) is 0 Å². The van der Waals surface area contributed by atoms with E-state index in [0.717, 1.165) is 25.1 Å². The Labute approximate surface area is 142 Å². The quantitative estimate of drug-likeness (QED) is 0.875. The Hall–Kier alpha value is -1.69. The van der Waals surface area contributed by atoms with Crippen LogP contribution < -0.4 is 11.1 Å². The van der Waals surface area contributed by atoms with Crippen molar-refractivity contribution in [2.75, 3.05) is 12.3 Å². The second kappa shape index (κ2) is 5.41. The molecule has 5 rings (SSSR count). The first kappa shape index (κ1) is 14.6. The first-order valence-electron chi connectivity index (χ1n) is 9.36. The van der Waals surface area contributed by atoms with E-state index in [4.69, 9.17) is 5.73 Å². The van der Waals surface area contributed by atoms with Crippen LogP contribution in [0.4, 0.5) is 5.95 Å². The van der Waals surface area contributed by atoms with Gasteiger partial charge in [-0.25, -0.2) is 9.97 Å². The van der Waals surface area contributed by atoms with E-state index in [1.165, 1.54) is 25.7 Å². The first-order valence-corrected chi connectivity index (χ1v) is 9.36. The lowest BCUT2D eigenvalue weighted by molar-refractivity contribution is -0.142. The number of hydrogen-bond acceptors (Lipinski definition) is 5. The van der Waals surface area contributed by atoms with Crippen LogP contribution in [0, 0.1) is 17.8 Å². The van der Waals surface area contributed by atoms with Gasteiger partial charge in [-0.15, -0.1) is 0 Å². The summed E-state index contributed by atoms with van der Waals surface area (Å²) in [5, 5.41) is 3.77. The van der Waals surface area contributed by atoms with Gasteiger partial charge in [-0.1, -0.05) is 0 Å². The molecule has 3 aliphatic carbocycles. The molecule has 1 saturated heterocycles. The number of nitrogens with one attached hydrogen (secondary N) is 1. The van der Waals surface area contributed by atoms with Crippen molar-refractivity contribution in [3.63, 3.8) is 0 Å². The molecule has 6 nitrogen and oxygen atoms in total. The van der Waals surface area contributed by atoms with Crippen LogP contribution in [0.25, 0.3) is 0 Å². The minimum absolute atomic E-state index is 0.00949. The summed E-state index contributed by atoms with van der Waals surface area (Å²) >= 11 is 0. The van der Waals surface area contributed by atoms with Gasteiger partial charge in [0.15, 0.2) is 0 Å². The molecule has 3 unspecified atom stereocenters. The second-order valence-corrected chi connectivity index (χ2v) is 7.98. The molecule has 6 heteroatoms. The Kier molecular flexibility index (Phi) is 3.30. The molecule has 3 saturated carbocycles. The van der Waals surface area contributed by atoms with Crippen LogP contribution in [-0.2, 0) is 4.79 Å². The summed E-state index contributed by atoms with van der Waals surface area (Å²) in [4.78, 5) is 24.0. The highest BCUT2D eigenvalue weighted by atomic mass is 16.2. The number of piperazine rings is 1. The molecule has 1 aromatic rings. The molecular formula is C18H25N5O. The summed E-state index contributed by atoms with van der Waals surface area (Å²) in [6, 6.07) is 2.57. The third kappa shape index (κ3) is 2.57. The largest absolute Gasteiger partial charge is 0.368 e. The van der Waals surface area contributed by atoms with Crippen molar-refractivity contribution in [3.05, 3.63) is 18.0 Å². The van der Waals surface area contributed by atoms with Gasteiger partial charge in [0.2, 0.25) is 11.9 Å². The third-order valence-corrected chi connectivity index (χ3v) is 6.04. The summed E-state index contributed by atoms with van der Waals surface area (Å²) in [6.45, 7) is 0.932. The molecule has 0 radical (unpaired) electrons. The summed E-state index contributed by atoms with van der Waals surface area (Å²) in [7, 11) is 0. The van der Waals surface area contributed by atoms with Crippen molar-refractivity contribution in [1.29, 1.82) is 0 Å². The van der Waals surface area contributed by atoms with Gasteiger partial charge in [0.1, 0.15) is 0 Å². The highest BCUT2D eigenvalue weighted by Crippen LogP contribution is 2.48. The van der Waals surface area contributed by atoms with Crippen molar-refractivity contribution in [3.8, 4) is 0 Å².